The van der Waals surface area contributed by atoms with Crippen molar-refractivity contribution >= 4 is 49.1 Å². The molecule has 2 aromatic carbocycles. The third-order valence-corrected chi connectivity index (χ3v) is 7.45. The second kappa shape index (κ2) is 9.32. The van der Waals surface area contributed by atoms with Crippen LogP contribution >= 0.6 is 22.7 Å². The summed E-state index contributed by atoms with van der Waals surface area (Å²) < 4.78 is 27.3. The van der Waals surface area contributed by atoms with E-state index in [0.717, 1.165) is 11.3 Å². The molecule has 2 N–H and O–H groups in total. The van der Waals surface area contributed by atoms with Gasteiger partial charge in [0.15, 0.2) is 5.13 Å². The highest BCUT2D eigenvalue weighted by molar-refractivity contribution is 7.93. The predicted octanol–water partition coefficient (Wildman–Crippen LogP) is 5.35. The van der Waals surface area contributed by atoms with E-state index in [0.29, 0.717) is 21.4 Å². The summed E-state index contributed by atoms with van der Waals surface area (Å²) >= 11 is 2.59. The normalized spacial score (nSPS) is 11.7. The summed E-state index contributed by atoms with van der Waals surface area (Å²) in [6.07, 6.45) is 3.09. The minimum Gasteiger partial charge on any atom is -0.360 e. The van der Waals surface area contributed by atoms with Gasteiger partial charge in [-0.3, -0.25) is 4.72 Å². The monoisotopic (exact) mass is 479 g/mol. The maximum atomic E-state index is 12.4. The number of sulfonamides is 1. The fraction of sp³-hybridized carbons (Fsp3) is 0.0455. The highest BCUT2D eigenvalue weighted by atomic mass is 32.2. The summed E-state index contributed by atoms with van der Waals surface area (Å²) in [6.45, 7) is 2.03. The number of aromatic nitrogens is 2. The lowest BCUT2D eigenvalue weighted by Gasteiger charge is -2.06. The minimum atomic E-state index is -3.71. The van der Waals surface area contributed by atoms with E-state index in [1.165, 1.54) is 46.6 Å². The number of nitrogens with zero attached hydrogens (tertiary/aromatic N) is 3. The van der Waals surface area contributed by atoms with Crippen LogP contribution in [0.25, 0.3) is 16.8 Å². The Morgan fingerprint density at radius 2 is 1.84 bits per heavy atom. The molecule has 2 aromatic heterocycles. The van der Waals surface area contributed by atoms with Gasteiger partial charge in [0.05, 0.1) is 10.6 Å². The summed E-state index contributed by atoms with van der Waals surface area (Å²) in [5, 5.41) is 17.1. The van der Waals surface area contributed by atoms with E-state index in [1.807, 2.05) is 36.6 Å². The van der Waals surface area contributed by atoms with Crippen molar-refractivity contribution in [2.45, 2.75) is 11.8 Å². The van der Waals surface area contributed by atoms with E-state index in [2.05, 4.69) is 26.1 Å². The van der Waals surface area contributed by atoms with Crippen LogP contribution < -0.4 is 10.0 Å². The quantitative estimate of drug-likeness (QED) is 0.346. The van der Waals surface area contributed by atoms with Gasteiger partial charge in [-0.1, -0.05) is 29.8 Å². The van der Waals surface area contributed by atoms with Gasteiger partial charge in [0.1, 0.15) is 16.6 Å². The van der Waals surface area contributed by atoms with Crippen molar-refractivity contribution in [2.24, 2.45) is 0 Å². The molecule has 7 nitrogen and oxygen atoms in total. The van der Waals surface area contributed by atoms with E-state index in [1.54, 1.807) is 23.7 Å². The second-order valence-electron chi connectivity index (χ2n) is 6.69. The van der Waals surface area contributed by atoms with Crippen molar-refractivity contribution in [2.75, 3.05) is 10.0 Å². The number of anilines is 2. The van der Waals surface area contributed by atoms with Crippen molar-refractivity contribution in [3.8, 4) is 17.3 Å². The number of hydrogen-bond donors (Lipinski definition) is 2. The Bertz CT molecular complexity index is 1380. The zero-order chi connectivity index (χ0) is 22.6. The standard InChI is InChI=1S/C22H17N5O2S3/c1-15-2-4-16(5-3-15)20-14-31-21(26-20)17(12-23)13-25-18-6-8-19(9-7-18)32(28,29)27-22-24-10-11-30-22/h2-11,13-14,25H,1H3,(H,24,27)/b17-13+. The number of hydrogen-bond acceptors (Lipinski definition) is 8. The van der Waals surface area contributed by atoms with Crippen molar-refractivity contribution in [1.29, 1.82) is 5.26 Å². The van der Waals surface area contributed by atoms with E-state index in [9.17, 15) is 13.7 Å². The van der Waals surface area contributed by atoms with E-state index >= 15 is 0 Å². The fourth-order valence-corrected chi connectivity index (χ4v) is 5.31. The van der Waals surface area contributed by atoms with E-state index in [-0.39, 0.29) is 4.90 Å². The molecule has 0 aliphatic rings. The molecular formula is C22H17N5O2S3. The molecule has 32 heavy (non-hydrogen) atoms. The van der Waals surface area contributed by atoms with Crippen molar-refractivity contribution < 1.29 is 8.42 Å². The van der Waals surface area contributed by atoms with Crippen LogP contribution in [0.2, 0.25) is 0 Å². The molecule has 0 saturated heterocycles. The van der Waals surface area contributed by atoms with Crippen LogP contribution in [0.15, 0.2) is 76.6 Å². The molecular weight excluding hydrogens is 462 g/mol. The number of thiazole rings is 2. The molecule has 0 bridgehead atoms. The van der Waals surface area contributed by atoms with Gasteiger partial charge >= 0.3 is 0 Å². The molecule has 0 unspecified atom stereocenters. The third-order valence-electron chi connectivity index (χ3n) is 4.40. The van der Waals surface area contributed by atoms with Crippen molar-refractivity contribution in [3.05, 3.63) is 82.3 Å². The molecule has 0 atom stereocenters. The molecule has 160 valence electrons. The van der Waals surface area contributed by atoms with Gasteiger partial charge < -0.3 is 5.32 Å². The lowest BCUT2D eigenvalue weighted by Crippen LogP contribution is -2.12. The van der Waals surface area contributed by atoms with Crippen molar-refractivity contribution in [1.82, 2.24) is 9.97 Å². The molecule has 10 heteroatoms. The third kappa shape index (κ3) is 5.03. The van der Waals surface area contributed by atoms with Crippen LogP contribution in [0.4, 0.5) is 10.8 Å². The lowest BCUT2D eigenvalue weighted by atomic mass is 10.1. The van der Waals surface area contributed by atoms with Crippen molar-refractivity contribution in [3.63, 3.8) is 0 Å². The number of benzene rings is 2. The van der Waals surface area contributed by atoms with Gasteiger partial charge in [-0.15, -0.1) is 22.7 Å². The van der Waals surface area contributed by atoms with Gasteiger partial charge in [0.2, 0.25) is 0 Å². The Labute approximate surface area is 193 Å². The van der Waals surface area contributed by atoms with Crippen LogP contribution in [-0.4, -0.2) is 18.4 Å². The lowest BCUT2D eigenvalue weighted by molar-refractivity contribution is 0.601. The van der Waals surface area contributed by atoms with Crippen LogP contribution in [-0.2, 0) is 10.0 Å². The van der Waals surface area contributed by atoms with Crippen LogP contribution in [0, 0.1) is 18.3 Å². The predicted molar refractivity (Wildman–Crippen MR) is 129 cm³/mol. The minimum absolute atomic E-state index is 0.116. The molecule has 0 amide bonds. The summed E-state index contributed by atoms with van der Waals surface area (Å²) in [5.74, 6) is 0. The van der Waals surface area contributed by atoms with Gasteiger partial charge in [0, 0.05) is 34.4 Å². The maximum absolute atomic E-state index is 12.4. The average molecular weight is 480 g/mol. The Morgan fingerprint density at radius 3 is 2.50 bits per heavy atom. The molecule has 2 heterocycles. The molecule has 0 fully saturated rings. The number of aryl methyl sites for hydroxylation is 1. The number of nitriles is 1. The Hall–Kier alpha value is -3.52. The van der Waals surface area contributed by atoms with Gasteiger partial charge in [-0.2, -0.15) is 5.26 Å². The first-order valence-corrected chi connectivity index (χ1v) is 12.6. The number of rotatable bonds is 7. The van der Waals surface area contributed by atoms with Gasteiger partial charge in [0.25, 0.3) is 10.0 Å². The first-order valence-electron chi connectivity index (χ1n) is 9.37. The zero-order valence-electron chi connectivity index (χ0n) is 16.8. The first kappa shape index (κ1) is 21.7. The molecule has 0 spiro atoms. The van der Waals surface area contributed by atoms with Gasteiger partial charge in [-0.25, -0.2) is 18.4 Å². The summed E-state index contributed by atoms with van der Waals surface area (Å²) in [7, 11) is -3.71. The molecule has 0 radical (unpaired) electrons. The number of nitrogens with one attached hydrogen (secondary N) is 2. The van der Waals surface area contributed by atoms with Crippen LogP contribution in [0.5, 0.6) is 0 Å². The average Bonchev–Trinajstić information content (AvgIpc) is 3.47. The molecule has 0 aliphatic carbocycles. The Kier molecular flexibility index (Phi) is 6.32. The largest absolute Gasteiger partial charge is 0.360 e. The summed E-state index contributed by atoms with van der Waals surface area (Å²) in [4.78, 5) is 8.62. The highest BCUT2D eigenvalue weighted by Crippen LogP contribution is 2.26. The Morgan fingerprint density at radius 1 is 1.09 bits per heavy atom. The molecule has 0 aliphatic heterocycles. The first-order chi connectivity index (χ1) is 15.4. The summed E-state index contributed by atoms with van der Waals surface area (Å²) in [5.41, 5.74) is 4.00. The maximum Gasteiger partial charge on any atom is 0.263 e. The SMILES string of the molecule is Cc1ccc(-c2csc(/C(C#N)=C/Nc3ccc(S(=O)(=O)Nc4nccs4)cc3)n2)cc1. The fourth-order valence-electron chi connectivity index (χ4n) is 2.73. The van der Waals surface area contributed by atoms with Crippen LogP contribution in [0.3, 0.4) is 0 Å². The summed E-state index contributed by atoms with van der Waals surface area (Å²) in [6, 6.07) is 16.4. The Balaban J connectivity index is 1.47. The second-order valence-corrected chi connectivity index (χ2v) is 10.1. The topological polar surface area (TPSA) is 108 Å². The smallest absolute Gasteiger partial charge is 0.263 e. The molecule has 4 aromatic rings. The van der Waals surface area contributed by atoms with E-state index < -0.39 is 10.0 Å². The zero-order valence-corrected chi connectivity index (χ0v) is 19.3. The molecule has 4 rings (SSSR count). The molecule has 0 saturated carbocycles. The van der Waals surface area contributed by atoms with Crippen LogP contribution in [0.1, 0.15) is 10.6 Å². The van der Waals surface area contributed by atoms with E-state index in [4.69, 9.17) is 0 Å². The number of allylic oxidation sites excluding steroid dienone is 1. The highest BCUT2D eigenvalue weighted by Gasteiger charge is 2.15. The van der Waals surface area contributed by atoms with Gasteiger partial charge in [-0.05, 0) is 31.2 Å².